The van der Waals surface area contributed by atoms with Gasteiger partial charge in [-0.25, -0.2) is 0 Å². The van der Waals surface area contributed by atoms with Crippen molar-refractivity contribution < 1.29 is 10.1 Å². The molecule has 16 heavy (non-hydrogen) atoms. The van der Waals surface area contributed by atoms with Crippen molar-refractivity contribution in [2.45, 2.75) is 32.9 Å². The smallest absolute Gasteiger partial charge is 0.146 e. The van der Waals surface area contributed by atoms with Gasteiger partial charge in [0, 0.05) is 5.02 Å². The van der Waals surface area contributed by atoms with Gasteiger partial charge in [-0.15, -0.1) is 0 Å². The molecular formula is C12H18Cl2NO+. The Hall–Kier alpha value is -0.440. The third kappa shape index (κ3) is 3.55. The van der Waals surface area contributed by atoms with Gasteiger partial charge in [-0.05, 0) is 25.5 Å². The van der Waals surface area contributed by atoms with Crippen LogP contribution in [0, 0.1) is 0 Å². The van der Waals surface area contributed by atoms with Crippen LogP contribution in [-0.4, -0.2) is 13.2 Å². The number of ether oxygens (including phenoxy) is 1. The lowest BCUT2D eigenvalue weighted by Crippen LogP contribution is -2.87. The number of benzene rings is 1. The van der Waals surface area contributed by atoms with Crippen molar-refractivity contribution in [3.63, 3.8) is 0 Å². The highest BCUT2D eigenvalue weighted by Crippen LogP contribution is 2.31. The van der Waals surface area contributed by atoms with E-state index in [1.165, 1.54) is 0 Å². The molecule has 4 heteroatoms. The zero-order valence-corrected chi connectivity index (χ0v) is 11.4. The molecule has 1 rings (SSSR count). The number of methoxy groups -OCH3 is 1. The summed E-state index contributed by atoms with van der Waals surface area (Å²) in [5.74, 6) is 0.727. The van der Waals surface area contributed by atoms with E-state index in [0.717, 1.165) is 24.3 Å². The first-order chi connectivity index (χ1) is 7.58. The van der Waals surface area contributed by atoms with Gasteiger partial charge in [0.25, 0.3) is 0 Å². The predicted octanol–water partition coefficient (Wildman–Crippen LogP) is 2.86. The number of hydrogen-bond donors (Lipinski definition) is 1. The summed E-state index contributed by atoms with van der Waals surface area (Å²) in [6.07, 6.45) is 1.14. The average molecular weight is 263 g/mol. The lowest BCUT2D eigenvalue weighted by molar-refractivity contribution is -0.701. The number of halogens is 2. The van der Waals surface area contributed by atoms with Crippen LogP contribution in [0.5, 0.6) is 5.75 Å². The Morgan fingerprint density at radius 3 is 2.62 bits per heavy atom. The molecule has 0 heterocycles. The van der Waals surface area contributed by atoms with Crippen LogP contribution < -0.4 is 10.1 Å². The lowest BCUT2D eigenvalue weighted by atomic mass is 10.1. The van der Waals surface area contributed by atoms with Gasteiger partial charge >= 0.3 is 0 Å². The van der Waals surface area contributed by atoms with Gasteiger partial charge < -0.3 is 10.1 Å². The van der Waals surface area contributed by atoms with Crippen molar-refractivity contribution in [1.82, 2.24) is 0 Å². The molecule has 0 unspecified atom stereocenters. The van der Waals surface area contributed by atoms with Gasteiger partial charge in [-0.2, -0.15) is 0 Å². The number of rotatable bonds is 5. The second-order valence-corrected chi connectivity index (χ2v) is 4.75. The molecule has 1 aromatic carbocycles. The van der Waals surface area contributed by atoms with E-state index in [1.807, 2.05) is 6.07 Å². The summed E-state index contributed by atoms with van der Waals surface area (Å²) >= 11 is 12.0. The highest BCUT2D eigenvalue weighted by atomic mass is 35.5. The Morgan fingerprint density at radius 1 is 1.38 bits per heavy atom. The molecule has 0 radical (unpaired) electrons. The van der Waals surface area contributed by atoms with Crippen molar-refractivity contribution >= 4 is 23.2 Å². The van der Waals surface area contributed by atoms with Crippen molar-refractivity contribution in [2.24, 2.45) is 0 Å². The lowest BCUT2D eigenvalue weighted by Gasteiger charge is -2.12. The van der Waals surface area contributed by atoms with Gasteiger partial charge in [0.2, 0.25) is 0 Å². The molecule has 0 bridgehead atoms. The molecule has 90 valence electrons. The summed E-state index contributed by atoms with van der Waals surface area (Å²) in [7, 11) is 1.63. The maximum atomic E-state index is 6.06. The van der Waals surface area contributed by atoms with Crippen LogP contribution in [0.1, 0.15) is 25.8 Å². The van der Waals surface area contributed by atoms with Gasteiger partial charge in [0.15, 0.2) is 0 Å². The van der Waals surface area contributed by atoms with Crippen molar-refractivity contribution in [1.29, 1.82) is 0 Å². The van der Waals surface area contributed by atoms with Gasteiger partial charge in [-0.3, -0.25) is 0 Å². The van der Waals surface area contributed by atoms with Crippen LogP contribution in [0.2, 0.25) is 10.0 Å². The molecule has 1 atom stereocenters. The molecule has 0 aromatic heterocycles. The first-order valence-electron chi connectivity index (χ1n) is 5.43. The van der Waals surface area contributed by atoms with Gasteiger partial charge in [-0.1, -0.05) is 30.1 Å². The van der Waals surface area contributed by atoms with Crippen LogP contribution >= 0.6 is 23.2 Å². The minimum Gasteiger partial charge on any atom is -0.495 e. The van der Waals surface area contributed by atoms with E-state index in [9.17, 15) is 0 Å². The fourth-order valence-electron chi connectivity index (χ4n) is 1.49. The van der Waals surface area contributed by atoms with E-state index in [1.54, 1.807) is 13.2 Å². The topological polar surface area (TPSA) is 25.8 Å². The molecule has 2 N–H and O–H groups in total. The largest absolute Gasteiger partial charge is 0.495 e. The number of quaternary nitrogens is 1. The molecule has 1 aromatic rings. The average Bonchev–Trinajstić information content (AvgIpc) is 2.25. The highest BCUT2D eigenvalue weighted by molar-refractivity contribution is 6.35. The van der Waals surface area contributed by atoms with Crippen LogP contribution in [-0.2, 0) is 6.54 Å². The molecule has 0 saturated carbocycles. The van der Waals surface area contributed by atoms with Crippen LogP contribution in [0.15, 0.2) is 12.1 Å². The van der Waals surface area contributed by atoms with E-state index < -0.39 is 0 Å². The van der Waals surface area contributed by atoms with E-state index in [0.29, 0.717) is 16.1 Å². The van der Waals surface area contributed by atoms with Crippen molar-refractivity contribution in [3.8, 4) is 5.75 Å². The van der Waals surface area contributed by atoms with E-state index >= 15 is 0 Å². The Bertz CT molecular complexity index is 355. The summed E-state index contributed by atoms with van der Waals surface area (Å²) in [5.41, 5.74) is 1.04. The third-order valence-electron chi connectivity index (χ3n) is 2.67. The second-order valence-electron chi connectivity index (χ2n) is 3.91. The zero-order chi connectivity index (χ0) is 12.1. The summed E-state index contributed by atoms with van der Waals surface area (Å²) in [6.45, 7) is 5.19. The SMILES string of the molecule is CC[C@H](C)[NH2+]Cc1cc(Cl)cc(Cl)c1OC. The molecule has 0 aliphatic rings. The van der Waals surface area contributed by atoms with E-state index in [2.05, 4.69) is 19.2 Å². The van der Waals surface area contributed by atoms with E-state index in [4.69, 9.17) is 27.9 Å². The quantitative estimate of drug-likeness (QED) is 0.868. The molecule has 0 saturated heterocycles. The molecule has 0 aliphatic carbocycles. The van der Waals surface area contributed by atoms with Crippen molar-refractivity contribution in [3.05, 3.63) is 27.7 Å². The molecule has 0 spiro atoms. The Balaban J connectivity index is 2.85. The summed E-state index contributed by atoms with van der Waals surface area (Å²) in [4.78, 5) is 0. The molecule has 0 amide bonds. The Labute approximate surface area is 107 Å². The molecule has 2 nitrogen and oxygen atoms in total. The van der Waals surface area contributed by atoms with Gasteiger partial charge in [0.1, 0.15) is 12.3 Å². The predicted molar refractivity (Wildman–Crippen MR) is 68.4 cm³/mol. The molecule has 0 fully saturated rings. The number of nitrogens with two attached hydrogens (primary N) is 1. The third-order valence-corrected chi connectivity index (χ3v) is 3.17. The standard InChI is InChI=1S/C12H17Cl2NO/c1-4-8(2)15-7-9-5-10(13)6-11(14)12(9)16-3/h5-6,8,15H,4,7H2,1-3H3/p+1/t8-/m0/s1. The summed E-state index contributed by atoms with van der Waals surface area (Å²) in [5, 5.41) is 3.48. The Kier molecular flexibility index (Phi) is 5.39. The monoisotopic (exact) mass is 262 g/mol. The number of hydrogen-bond acceptors (Lipinski definition) is 1. The first-order valence-corrected chi connectivity index (χ1v) is 6.19. The fourth-order valence-corrected chi connectivity index (χ4v) is 2.10. The first kappa shape index (κ1) is 13.6. The Morgan fingerprint density at radius 2 is 2.06 bits per heavy atom. The van der Waals surface area contributed by atoms with Gasteiger partial charge in [0.05, 0.1) is 23.7 Å². The minimum absolute atomic E-state index is 0.572. The zero-order valence-electron chi connectivity index (χ0n) is 9.89. The maximum Gasteiger partial charge on any atom is 0.146 e. The van der Waals surface area contributed by atoms with Crippen LogP contribution in [0.25, 0.3) is 0 Å². The minimum atomic E-state index is 0.572. The highest BCUT2D eigenvalue weighted by Gasteiger charge is 2.12. The molecular weight excluding hydrogens is 245 g/mol. The maximum absolute atomic E-state index is 6.06. The van der Waals surface area contributed by atoms with E-state index in [-0.39, 0.29) is 0 Å². The van der Waals surface area contributed by atoms with Crippen LogP contribution in [0.4, 0.5) is 0 Å². The fraction of sp³-hybridized carbons (Fsp3) is 0.500. The second kappa shape index (κ2) is 6.33. The van der Waals surface area contributed by atoms with Crippen molar-refractivity contribution in [2.75, 3.05) is 7.11 Å². The summed E-state index contributed by atoms with van der Waals surface area (Å²) in [6, 6.07) is 4.20. The molecule has 0 aliphatic heterocycles. The summed E-state index contributed by atoms with van der Waals surface area (Å²) < 4.78 is 5.29. The van der Waals surface area contributed by atoms with Crippen LogP contribution in [0.3, 0.4) is 0 Å². The normalized spacial score (nSPS) is 12.6.